The van der Waals surface area contributed by atoms with Gasteiger partial charge in [-0.1, -0.05) is 12.1 Å². The van der Waals surface area contributed by atoms with Crippen molar-refractivity contribution in [3.63, 3.8) is 0 Å². The zero-order chi connectivity index (χ0) is 13.8. The number of furan rings is 1. The summed E-state index contributed by atoms with van der Waals surface area (Å²) in [6, 6.07) is 9.49. The molecule has 0 unspecified atom stereocenters. The number of pyridine rings is 1. The number of rotatable bonds is 4. The van der Waals surface area contributed by atoms with E-state index in [0.29, 0.717) is 12.1 Å². The van der Waals surface area contributed by atoms with Gasteiger partial charge < -0.3 is 9.73 Å². The SMILES string of the molecule is O=C(NCc1cccnc1-c1cccs1)c1ccoc1. The normalized spacial score (nSPS) is 10.4. The van der Waals surface area contributed by atoms with E-state index in [1.54, 1.807) is 23.6 Å². The van der Waals surface area contributed by atoms with E-state index in [2.05, 4.69) is 10.3 Å². The van der Waals surface area contributed by atoms with E-state index in [1.165, 1.54) is 12.5 Å². The number of thiophene rings is 1. The fourth-order valence-corrected chi connectivity index (χ4v) is 2.64. The van der Waals surface area contributed by atoms with Crippen LogP contribution in [0.15, 0.2) is 58.9 Å². The Hall–Kier alpha value is -2.40. The van der Waals surface area contributed by atoms with E-state index in [-0.39, 0.29) is 5.91 Å². The van der Waals surface area contributed by atoms with Crippen molar-refractivity contribution < 1.29 is 9.21 Å². The van der Waals surface area contributed by atoms with Crippen molar-refractivity contribution in [1.82, 2.24) is 10.3 Å². The van der Waals surface area contributed by atoms with Crippen molar-refractivity contribution in [1.29, 1.82) is 0 Å². The molecule has 20 heavy (non-hydrogen) atoms. The summed E-state index contributed by atoms with van der Waals surface area (Å²) in [7, 11) is 0. The molecular formula is C15H12N2O2S. The first-order valence-electron chi connectivity index (χ1n) is 6.13. The van der Waals surface area contributed by atoms with E-state index in [0.717, 1.165) is 16.1 Å². The highest BCUT2D eigenvalue weighted by Crippen LogP contribution is 2.25. The first-order valence-corrected chi connectivity index (χ1v) is 7.01. The largest absolute Gasteiger partial charge is 0.472 e. The summed E-state index contributed by atoms with van der Waals surface area (Å²) in [5.74, 6) is -0.153. The van der Waals surface area contributed by atoms with Crippen molar-refractivity contribution in [3.8, 4) is 10.6 Å². The van der Waals surface area contributed by atoms with E-state index in [4.69, 9.17) is 4.42 Å². The second kappa shape index (κ2) is 5.71. The number of hydrogen-bond acceptors (Lipinski definition) is 4. The first-order chi connectivity index (χ1) is 9.84. The maximum absolute atomic E-state index is 11.9. The minimum absolute atomic E-state index is 0.153. The molecule has 0 aliphatic rings. The molecule has 0 saturated heterocycles. The summed E-state index contributed by atoms with van der Waals surface area (Å²) in [5, 5.41) is 4.88. The molecule has 1 amide bonds. The number of aromatic nitrogens is 1. The van der Waals surface area contributed by atoms with Crippen LogP contribution in [0.5, 0.6) is 0 Å². The van der Waals surface area contributed by atoms with Gasteiger partial charge in [0.05, 0.1) is 22.4 Å². The number of carbonyl (C=O) groups excluding carboxylic acids is 1. The monoisotopic (exact) mass is 284 g/mol. The van der Waals surface area contributed by atoms with Gasteiger partial charge in [0, 0.05) is 12.7 Å². The lowest BCUT2D eigenvalue weighted by Gasteiger charge is -2.08. The van der Waals surface area contributed by atoms with E-state index in [1.807, 2.05) is 29.6 Å². The fourth-order valence-electron chi connectivity index (χ4n) is 1.89. The van der Waals surface area contributed by atoms with Crippen LogP contribution in [0.4, 0.5) is 0 Å². The van der Waals surface area contributed by atoms with E-state index < -0.39 is 0 Å². The Labute approximate surface area is 120 Å². The highest BCUT2D eigenvalue weighted by Gasteiger charge is 2.10. The van der Waals surface area contributed by atoms with Gasteiger partial charge in [0.1, 0.15) is 6.26 Å². The maximum atomic E-state index is 11.9. The van der Waals surface area contributed by atoms with Crippen molar-refractivity contribution in [2.45, 2.75) is 6.54 Å². The molecule has 3 aromatic heterocycles. The van der Waals surface area contributed by atoms with Crippen LogP contribution in [0.25, 0.3) is 10.6 Å². The maximum Gasteiger partial charge on any atom is 0.254 e. The number of carbonyl (C=O) groups is 1. The predicted molar refractivity (Wildman–Crippen MR) is 77.4 cm³/mol. The molecule has 0 radical (unpaired) electrons. The molecule has 1 N–H and O–H groups in total. The van der Waals surface area contributed by atoms with E-state index >= 15 is 0 Å². The lowest BCUT2D eigenvalue weighted by molar-refractivity contribution is 0.0950. The van der Waals surface area contributed by atoms with Crippen molar-refractivity contribution in [3.05, 3.63) is 65.6 Å². The Balaban J connectivity index is 1.77. The molecule has 0 aromatic carbocycles. The van der Waals surface area contributed by atoms with Gasteiger partial charge in [-0.25, -0.2) is 0 Å². The molecule has 0 aliphatic carbocycles. The Morgan fingerprint density at radius 1 is 1.30 bits per heavy atom. The van der Waals surface area contributed by atoms with E-state index in [9.17, 15) is 4.79 Å². The average Bonchev–Trinajstić information content (AvgIpc) is 3.17. The quantitative estimate of drug-likeness (QED) is 0.799. The van der Waals surface area contributed by atoms with Gasteiger partial charge in [-0.05, 0) is 29.1 Å². The highest BCUT2D eigenvalue weighted by molar-refractivity contribution is 7.13. The van der Waals surface area contributed by atoms with Crippen LogP contribution in [0.3, 0.4) is 0 Å². The molecule has 3 heterocycles. The van der Waals surface area contributed by atoms with Crippen LogP contribution in [0, 0.1) is 0 Å². The molecule has 3 aromatic rings. The highest BCUT2D eigenvalue weighted by atomic mass is 32.1. The number of nitrogens with one attached hydrogen (secondary N) is 1. The Bertz CT molecular complexity index is 691. The second-order valence-corrected chi connectivity index (χ2v) is 5.13. The lowest BCUT2D eigenvalue weighted by atomic mass is 10.1. The fraction of sp³-hybridized carbons (Fsp3) is 0.0667. The van der Waals surface area contributed by atoms with Gasteiger partial charge in [-0.3, -0.25) is 9.78 Å². The summed E-state index contributed by atoms with van der Waals surface area (Å²) in [6.45, 7) is 0.436. The smallest absolute Gasteiger partial charge is 0.254 e. The Kier molecular flexibility index (Phi) is 3.60. The van der Waals surface area contributed by atoms with Crippen LogP contribution in [0.2, 0.25) is 0 Å². The minimum Gasteiger partial charge on any atom is -0.472 e. The molecule has 0 fully saturated rings. The average molecular weight is 284 g/mol. The third-order valence-electron chi connectivity index (χ3n) is 2.87. The zero-order valence-electron chi connectivity index (χ0n) is 10.6. The van der Waals surface area contributed by atoms with Crippen LogP contribution in [-0.2, 0) is 6.54 Å². The molecule has 4 nitrogen and oxygen atoms in total. The van der Waals surface area contributed by atoms with Crippen LogP contribution in [0.1, 0.15) is 15.9 Å². The van der Waals surface area contributed by atoms with Gasteiger partial charge in [0.2, 0.25) is 0 Å². The molecule has 0 saturated carbocycles. The second-order valence-electron chi connectivity index (χ2n) is 4.18. The summed E-state index contributed by atoms with van der Waals surface area (Å²) in [6.07, 6.45) is 4.67. The van der Waals surface area contributed by atoms with Crippen LogP contribution < -0.4 is 5.32 Å². The molecule has 100 valence electrons. The number of nitrogens with zero attached hydrogens (tertiary/aromatic N) is 1. The van der Waals surface area contributed by atoms with Gasteiger partial charge in [0.25, 0.3) is 5.91 Å². The summed E-state index contributed by atoms with van der Waals surface area (Å²) < 4.78 is 4.90. The topological polar surface area (TPSA) is 55.1 Å². The predicted octanol–water partition coefficient (Wildman–Crippen LogP) is 3.33. The Morgan fingerprint density at radius 2 is 2.25 bits per heavy atom. The van der Waals surface area contributed by atoms with Gasteiger partial charge in [0.15, 0.2) is 0 Å². The van der Waals surface area contributed by atoms with Gasteiger partial charge >= 0.3 is 0 Å². The standard InChI is InChI=1S/C15H12N2O2S/c18-15(12-5-7-19-10-12)17-9-11-3-1-6-16-14(11)13-4-2-8-20-13/h1-8,10H,9H2,(H,17,18). The molecule has 0 bridgehead atoms. The van der Waals surface area contributed by atoms with Crippen molar-refractivity contribution >= 4 is 17.2 Å². The molecule has 0 spiro atoms. The molecule has 0 aliphatic heterocycles. The van der Waals surface area contributed by atoms with Crippen LogP contribution in [-0.4, -0.2) is 10.9 Å². The number of amides is 1. The van der Waals surface area contributed by atoms with Crippen molar-refractivity contribution in [2.24, 2.45) is 0 Å². The molecule has 5 heteroatoms. The van der Waals surface area contributed by atoms with Crippen molar-refractivity contribution in [2.75, 3.05) is 0 Å². The van der Waals surface area contributed by atoms with Gasteiger partial charge in [-0.2, -0.15) is 0 Å². The molecular weight excluding hydrogens is 272 g/mol. The lowest BCUT2D eigenvalue weighted by Crippen LogP contribution is -2.22. The summed E-state index contributed by atoms with van der Waals surface area (Å²) >= 11 is 1.63. The zero-order valence-corrected chi connectivity index (χ0v) is 11.4. The summed E-state index contributed by atoms with van der Waals surface area (Å²) in [4.78, 5) is 17.4. The number of hydrogen-bond donors (Lipinski definition) is 1. The Morgan fingerprint density at radius 3 is 3.00 bits per heavy atom. The van der Waals surface area contributed by atoms with Crippen LogP contribution >= 0.6 is 11.3 Å². The third-order valence-corrected chi connectivity index (χ3v) is 3.75. The minimum atomic E-state index is -0.153. The molecule has 0 atom stereocenters. The summed E-state index contributed by atoms with van der Waals surface area (Å²) in [5.41, 5.74) is 2.42. The molecule has 3 rings (SSSR count). The van der Waals surface area contributed by atoms with Gasteiger partial charge in [-0.15, -0.1) is 11.3 Å². The first kappa shape index (κ1) is 12.6. The third kappa shape index (κ3) is 2.62.